The van der Waals surface area contributed by atoms with Crippen LogP contribution in [0.25, 0.3) is 6.08 Å². The van der Waals surface area contributed by atoms with Gasteiger partial charge in [-0.15, -0.1) is 0 Å². The molecule has 3 N–H and O–H groups in total. The molecule has 0 aliphatic carbocycles. The van der Waals surface area contributed by atoms with Gasteiger partial charge in [0.05, 0.1) is 0 Å². The summed E-state index contributed by atoms with van der Waals surface area (Å²) in [4.78, 5) is 10.8. The summed E-state index contributed by atoms with van der Waals surface area (Å²) in [6.07, 6.45) is 2.90. The normalized spacial score (nSPS) is 10.6. The molecule has 0 bridgehead atoms. The van der Waals surface area contributed by atoms with Crippen LogP contribution in [0.2, 0.25) is 0 Å². The van der Waals surface area contributed by atoms with Crippen LogP contribution in [0.4, 0.5) is 5.69 Å². The number of thiophene rings is 1. The molecule has 0 saturated heterocycles. The Morgan fingerprint density at radius 1 is 1.26 bits per heavy atom. The largest absolute Gasteiger partial charge is 0.381 e. The van der Waals surface area contributed by atoms with Crippen molar-refractivity contribution in [1.82, 2.24) is 5.48 Å². The zero-order valence-corrected chi connectivity index (χ0v) is 11.0. The molecule has 0 unspecified atom stereocenters. The van der Waals surface area contributed by atoms with Gasteiger partial charge in [-0.1, -0.05) is 12.1 Å². The van der Waals surface area contributed by atoms with Crippen LogP contribution in [-0.2, 0) is 11.3 Å². The van der Waals surface area contributed by atoms with Gasteiger partial charge in [0.1, 0.15) is 0 Å². The third kappa shape index (κ3) is 4.24. The molecule has 0 atom stereocenters. The Morgan fingerprint density at radius 3 is 2.68 bits per heavy atom. The van der Waals surface area contributed by atoms with Gasteiger partial charge in [-0.05, 0) is 46.2 Å². The highest BCUT2D eigenvalue weighted by Gasteiger charge is 1.95. The predicted octanol–water partition coefficient (Wildman–Crippen LogP) is 2.88. The molecule has 1 heterocycles. The van der Waals surface area contributed by atoms with E-state index < -0.39 is 5.91 Å². The average molecular weight is 274 g/mol. The van der Waals surface area contributed by atoms with E-state index in [2.05, 4.69) is 22.1 Å². The molecule has 0 spiro atoms. The van der Waals surface area contributed by atoms with E-state index in [1.807, 2.05) is 24.3 Å². The monoisotopic (exact) mass is 274 g/mol. The fourth-order valence-corrected chi connectivity index (χ4v) is 2.19. The summed E-state index contributed by atoms with van der Waals surface area (Å²) in [7, 11) is 0. The molecule has 0 aliphatic heterocycles. The lowest BCUT2D eigenvalue weighted by Crippen LogP contribution is -2.14. The summed E-state index contributed by atoms with van der Waals surface area (Å²) in [5.74, 6) is -0.542. The number of carbonyl (C=O) groups is 1. The SMILES string of the molecule is O=C(/C=C/c1ccc(NCc2ccsc2)cc1)NO. The van der Waals surface area contributed by atoms with E-state index in [0.29, 0.717) is 0 Å². The molecule has 4 nitrogen and oxygen atoms in total. The first-order chi connectivity index (χ1) is 9.28. The third-order valence-corrected chi connectivity index (χ3v) is 3.26. The first-order valence-electron chi connectivity index (χ1n) is 5.75. The van der Waals surface area contributed by atoms with Gasteiger partial charge in [0, 0.05) is 18.3 Å². The van der Waals surface area contributed by atoms with E-state index in [4.69, 9.17) is 5.21 Å². The molecule has 1 aromatic heterocycles. The van der Waals surface area contributed by atoms with Gasteiger partial charge in [0.2, 0.25) is 0 Å². The minimum Gasteiger partial charge on any atom is -0.381 e. The molecular weight excluding hydrogens is 260 g/mol. The van der Waals surface area contributed by atoms with Gasteiger partial charge in [0.15, 0.2) is 0 Å². The van der Waals surface area contributed by atoms with Crippen LogP contribution >= 0.6 is 11.3 Å². The van der Waals surface area contributed by atoms with Gasteiger partial charge in [-0.3, -0.25) is 10.0 Å². The number of hydrogen-bond acceptors (Lipinski definition) is 4. The van der Waals surface area contributed by atoms with Crippen LogP contribution in [0.3, 0.4) is 0 Å². The molecular formula is C14H14N2O2S. The maximum atomic E-state index is 10.8. The van der Waals surface area contributed by atoms with Crippen molar-refractivity contribution in [1.29, 1.82) is 0 Å². The highest BCUT2D eigenvalue weighted by atomic mass is 32.1. The van der Waals surface area contributed by atoms with E-state index in [9.17, 15) is 4.79 Å². The Labute approximate surface area is 115 Å². The van der Waals surface area contributed by atoms with Crippen molar-refractivity contribution in [2.75, 3.05) is 5.32 Å². The Bertz CT molecular complexity index is 547. The molecule has 2 aromatic rings. The van der Waals surface area contributed by atoms with Crippen LogP contribution in [-0.4, -0.2) is 11.1 Å². The molecule has 0 fully saturated rings. The summed E-state index contributed by atoms with van der Waals surface area (Å²) in [5, 5.41) is 15.8. The van der Waals surface area contributed by atoms with Gasteiger partial charge in [-0.25, -0.2) is 5.48 Å². The molecule has 1 amide bonds. The number of anilines is 1. The van der Waals surface area contributed by atoms with Gasteiger partial charge in [-0.2, -0.15) is 11.3 Å². The third-order valence-electron chi connectivity index (χ3n) is 2.52. The van der Waals surface area contributed by atoms with E-state index in [-0.39, 0.29) is 0 Å². The van der Waals surface area contributed by atoms with Crippen molar-refractivity contribution in [3.8, 4) is 0 Å². The Kier molecular flexibility index (Phi) is 4.72. The average Bonchev–Trinajstić information content (AvgIpc) is 2.97. The van der Waals surface area contributed by atoms with Gasteiger partial charge < -0.3 is 5.32 Å². The maximum Gasteiger partial charge on any atom is 0.267 e. The van der Waals surface area contributed by atoms with Gasteiger partial charge >= 0.3 is 0 Å². The number of hydrogen-bond donors (Lipinski definition) is 3. The number of carbonyl (C=O) groups excluding carboxylic acids is 1. The number of amides is 1. The summed E-state index contributed by atoms with van der Waals surface area (Å²) in [6.45, 7) is 0.797. The molecule has 0 saturated carbocycles. The molecule has 2 rings (SSSR count). The topological polar surface area (TPSA) is 61.4 Å². The van der Waals surface area contributed by atoms with Crippen molar-refractivity contribution in [2.45, 2.75) is 6.54 Å². The minimum atomic E-state index is -0.542. The van der Waals surface area contributed by atoms with E-state index in [0.717, 1.165) is 17.8 Å². The lowest BCUT2D eigenvalue weighted by Gasteiger charge is -2.05. The summed E-state index contributed by atoms with van der Waals surface area (Å²) >= 11 is 1.68. The van der Waals surface area contributed by atoms with E-state index in [1.54, 1.807) is 22.9 Å². The second-order valence-electron chi connectivity index (χ2n) is 3.92. The summed E-state index contributed by atoms with van der Waals surface area (Å²) < 4.78 is 0. The second-order valence-corrected chi connectivity index (χ2v) is 4.70. The minimum absolute atomic E-state index is 0.542. The molecule has 98 valence electrons. The zero-order valence-electron chi connectivity index (χ0n) is 10.2. The van der Waals surface area contributed by atoms with Crippen molar-refractivity contribution >= 4 is 29.0 Å². The van der Waals surface area contributed by atoms with Crippen molar-refractivity contribution in [2.24, 2.45) is 0 Å². The highest BCUT2D eigenvalue weighted by molar-refractivity contribution is 7.07. The molecule has 19 heavy (non-hydrogen) atoms. The van der Waals surface area contributed by atoms with Crippen LogP contribution in [0, 0.1) is 0 Å². The van der Waals surface area contributed by atoms with Crippen molar-refractivity contribution < 1.29 is 10.0 Å². The van der Waals surface area contributed by atoms with Crippen molar-refractivity contribution in [3.63, 3.8) is 0 Å². The number of benzene rings is 1. The quantitative estimate of drug-likeness (QED) is 0.446. The van der Waals surface area contributed by atoms with Crippen LogP contribution in [0.15, 0.2) is 47.2 Å². The smallest absolute Gasteiger partial charge is 0.267 e. The van der Waals surface area contributed by atoms with Gasteiger partial charge in [0.25, 0.3) is 5.91 Å². The van der Waals surface area contributed by atoms with E-state index >= 15 is 0 Å². The fraction of sp³-hybridized carbons (Fsp3) is 0.0714. The summed E-state index contributed by atoms with van der Waals surface area (Å²) in [5.41, 5.74) is 4.72. The highest BCUT2D eigenvalue weighted by Crippen LogP contribution is 2.13. The van der Waals surface area contributed by atoms with E-state index in [1.165, 1.54) is 11.6 Å². The standard InChI is InChI=1S/C14H14N2O2S/c17-14(16-18)6-3-11-1-4-13(5-2-11)15-9-12-7-8-19-10-12/h1-8,10,15,18H,9H2,(H,16,17)/b6-3+. The first kappa shape index (κ1) is 13.3. The summed E-state index contributed by atoms with van der Waals surface area (Å²) in [6, 6.07) is 9.78. The number of hydroxylamine groups is 1. The fourth-order valence-electron chi connectivity index (χ4n) is 1.52. The maximum absolute atomic E-state index is 10.8. The first-order valence-corrected chi connectivity index (χ1v) is 6.69. The lowest BCUT2D eigenvalue weighted by molar-refractivity contribution is -0.124. The molecule has 5 heteroatoms. The second kappa shape index (κ2) is 6.72. The number of rotatable bonds is 5. The number of nitrogens with one attached hydrogen (secondary N) is 2. The van der Waals surface area contributed by atoms with Crippen LogP contribution < -0.4 is 10.8 Å². The van der Waals surface area contributed by atoms with Crippen molar-refractivity contribution in [3.05, 3.63) is 58.3 Å². The van der Waals surface area contributed by atoms with Crippen LogP contribution in [0.5, 0.6) is 0 Å². The Balaban J connectivity index is 1.91. The molecule has 0 aliphatic rings. The predicted molar refractivity (Wildman–Crippen MR) is 77.1 cm³/mol. The zero-order chi connectivity index (χ0) is 13.5. The Morgan fingerprint density at radius 2 is 2.05 bits per heavy atom. The molecule has 1 aromatic carbocycles. The lowest BCUT2D eigenvalue weighted by atomic mass is 10.2. The molecule has 0 radical (unpaired) electrons. The van der Waals surface area contributed by atoms with Crippen LogP contribution in [0.1, 0.15) is 11.1 Å². The Hall–Kier alpha value is -2.11.